The number of hydrogen-bond acceptors (Lipinski definition) is 3. The second-order valence-corrected chi connectivity index (χ2v) is 5.19. The first-order chi connectivity index (χ1) is 9.13. The van der Waals surface area contributed by atoms with Gasteiger partial charge in [0.15, 0.2) is 0 Å². The van der Waals surface area contributed by atoms with Crippen LogP contribution in [0.4, 0.5) is 0 Å². The molecular formula is C14H26N2O3. The van der Waals surface area contributed by atoms with E-state index < -0.39 is 0 Å². The van der Waals surface area contributed by atoms with Crippen LogP contribution in [0.15, 0.2) is 0 Å². The first kappa shape index (κ1) is 16.0. The van der Waals surface area contributed by atoms with Crippen LogP contribution in [0.1, 0.15) is 45.4 Å². The van der Waals surface area contributed by atoms with Crippen molar-refractivity contribution in [3.63, 3.8) is 0 Å². The van der Waals surface area contributed by atoms with Crippen LogP contribution in [0.25, 0.3) is 0 Å². The number of nitrogens with one attached hydrogen (secondary N) is 1. The Bertz CT molecular complexity index is 286. The van der Waals surface area contributed by atoms with E-state index >= 15 is 0 Å². The summed E-state index contributed by atoms with van der Waals surface area (Å²) in [6, 6.07) is 0.284. The summed E-state index contributed by atoms with van der Waals surface area (Å²) in [4.78, 5) is 24.9. The highest BCUT2D eigenvalue weighted by molar-refractivity contribution is 5.83. The first-order valence-corrected chi connectivity index (χ1v) is 7.17. The number of carbonyl (C=O) groups is 2. The van der Waals surface area contributed by atoms with Gasteiger partial charge >= 0.3 is 0 Å². The Kier molecular flexibility index (Phi) is 7.48. The van der Waals surface area contributed by atoms with Crippen LogP contribution in [0.3, 0.4) is 0 Å². The van der Waals surface area contributed by atoms with E-state index in [-0.39, 0.29) is 24.4 Å². The fourth-order valence-electron chi connectivity index (χ4n) is 2.42. The fourth-order valence-corrected chi connectivity index (χ4v) is 2.42. The van der Waals surface area contributed by atoms with Crippen molar-refractivity contribution >= 4 is 11.8 Å². The molecule has 0 saturated heterocycles. The zero-order valence-corrected chi connectivity index (χ0v) is 12.1. The molecule has 1 saturated carbocycles. The fraction of sp³-hybridized carbons (Fsp3) is 0.857. The predicted octanol–water partition coefficient (Wildman–Crippen LogP) is 1.32. The third-order valence-electron chi connectivity index (χ3n) is 3.57. The zero-order valence-electron chi connectivity index (χ0n) is 12.1. The van der Waals surface area contributed by atoms with Crippen LogP contribution in [0, 0.1) is 0 Å². The van der Waals surface area contributed by atoms with E-state index in [1.807, 2.05) is 0 Å². The largest absolute Gasteiger partial charge is 0.383 e. The minimum atomic E-state index is -0.0898. The smallest absolute Gasteiger partial charge is 0.239 e. The molecule has 0 unspecified atom stereocenters. The Morgan fingerprint density at radius 1 is 1.21 bits per heavy atom. The second-order valence-electron chi connectivity index (χ2n) is 5.19. The monoisotopic (exact) mass is 270 g/mol. The van der Waals surface area contributed by atoms with E-state index in [4.69, 9.17) is 4.74 Å². The average molecular weight is 270 g/mol. The van der Waals surface area contributed by atoms with Gasteiger partial charge in [0.25, 0.3) is 0 Å². The van der Waals surface area contributed by atoms with Gasteiger partial charge < -0.3 is 15.0 Å². The summed E-state index contributed by atoms with van der Waals surface area (Å²) in [5.41, 5.74) is 0. The van der Waals surface area contributed by atoms with Crippen LogP contribution in [0.2, 0.25) is 0 Å². The van der Waals surface area contributed by atoms with Crippen molar-refractivity contribution in [3.05, 3.63) is 0 Å². The molecule has 0 spiro atoms. The topological polar surface area (TPSA) is 58.6 Å². The number of nitrogens with zero attached hydrogens (tertiary/aromatic N) is 1. The summed E-state index contributed by atoms with van der Waals surface area (Å²) in [7, 11) is 1.59. The summed E-state index contributed by atoms with van der Waals surface area (Å²) in [6.07, 6.45) is 7.02. The third kappa shape index (κ3) is 6.57. The molecule has 0 aromatic rings. The van der Waals surface area contributed by atoms with Gasteiger partial charge in [0.1, 0.15) is 0 Å². The lowest BCUT2D eigenvalue weighted by Crippen LogP contribution is -2.44. The Balaban J connectivity index is 2.36. The Morgan fingerprint density at radius 3 is 2.37 bits per heavy atom. The molecule has 2 amide bonds. The lowest BCUT2D eigenvalue weighted by Gasteiger charge is -2.22. The minimum Gasteiger partial charge on any atom is -0.383 e. The van der Waals surface area contributed by atoms with Crippen LogP contribution < -0.4 is 5.32 Å². The van der Waals surface area contributed by atoms with Crippen molar-refractivity contribution in [1.82, 2.24) is 10.2 Å². The van der Waals surface area contributed by atoms with Gasteiger partial charge in [-0.05, 0) is 12.8 Å². The molecule has 1 N–H and O–H groups in total. The molecule has 1 fully saturated rings. The molecule has 0 aromatic heterocycles. The lowest BCUT2D eigenvalue weighted by atomic mass is 10.1. The van der Waals surface area contributed by atoms with Gasteiger partial charge in [0, 0.05) is 26.6 Å². The minimum absolute atomic E-state index is 0.0572. The molecule has 0 aromatic carbocycles. The normalized spacial score (nSPS) is 16.7. The SMILES string of the molecule is COCCN(CC(=O)NC1CCCCCC1)C(C)=O. The Morgan fingerprint density at radius 2 is 1.84 bits per heavy atom. The van der Waals surface area contributed by atoms with Crippen LogP contribution in [-0.4, -0.2) is 49.6 Å². The molecule has 1 aliphatic carbocycles. The number of amides is 2. The van der Waals surface area contributed by atoms with E-state index in [9.17, 15) is 9.59 Å². The van der Waals surface area contributed by atoms with E-state index in [0.29, 0.717) is 13.2 Å². The van der Waals surface area contributed by atoms with Crippen molar-refractivity contribution in [1.29, 1.82) is 0 Å². The van der Waals surface area contributed by atoms with Gasteiger partial charge in [0.05, 0.1) is 13.2 Å². The number of hydrogen-bond donors (Lipinski definition) is 1. The second kappa shape index (κ2) is 8.91. The molecule has 5 nitrogen and oxygen atoms in total. The summed E-state index contributed by atoms with van der Waals surface area (Å²) in [5.74, 6) is -0.147. The molecule has 0 aliphatic heterocycles. The molecule has 110 valence electrons. The summed E-state index contributed by atoms with van der Waals surface area (Å²) >= 11 is 0. The standard InChI is InChI=1S/C14H26N2O3/c1-12(17)16(9-10-19-2)11-14(18)15-13-7-5-3-4-6-8-13/h13H,3-11H2,1-2H3,(H,15,18). The number of carbonyl (C=O) groups excluding carboxylic acids is 2. The molecule has 0 radical (unpaired) electrons. The van der Waals surface area contributed by atoms with Crippen molar-refractivity contribution < 1.29 is 14.3 Å². The summed E-state index contributed by atoms with van der Waals surface area (Å²) in [5, 5.41) is 3.05. The molecular weight excluding hydrogens is 244 g/mol. The number of ether oxygens (including phenoxy) is 1. The molecule has 5 heteroatoms. The quantitative estimate of drug-likeness (QED) is 0.741. The maximum Gasteiger partial charge on any atom is 0.239 e. The Hall–Kier alpha value is -1.10. The maximum atomic E-state index is 12.0. The molecule has 0 heterocycles. The van der Waals surface area contributed by atoms with Crippen LogP contribution >= 0.6 is 0 Å². The zero-order chi connectivity index (χ0) is 14.1. The van der Waals surface area contributed by atoms with Crippen LogP contribution in [0.5, 0.6) is 0 Å². The average Bonchev–Trinajstić information content (AvgIpc) is 2.62. The molecule has 19 heavy (non-hydrogen) atoms. The number of methoxy groups -OCH3 is 1. The van der Waals surface area contributed by atoms with Gasteiger partial charge in [-0.2, -0.15) is 0 Å². The maximum absolute atomic E-state index is 12.0. The molecule has 0 atom stereocenters. The van der Waals surface area contributed by atoms with Gasteiger partial charge in [0.2, 0.25) is 11.8 Å². The van der Waals surface area contributed by atoms with Crippen molar-refractivity contribution in [2.45, 2.75) is 51.5 Å². The third-order valence-corrected chi connectivity index (χ3v) is 3.57. The molecule has 1 aliphatic rings. The van der Waals surface area contributed by atoms with E-state index in [1.165, 1.54) is 37.5 Å². The summed E-state index contributed by atoms with van der Waals surface area (Å²) in [6.45, 7) is 2.53. The van der Waals surface area contributed by atoms with Crippen molar-refractivity contribution in [2.24, 2.45) is 0 Å². The highest BCUT2D eigenvalue weighted by Crippen LogP contribution is 2.17. The Labute approximate surface area is 115 Å². The van der Waals surface area contributed by atoms with E-state index in [2.05, 4.69) is 5.32 Å². The molecule has 0 bridgehead atoms. The molecule has 1 rings (SSSR count). The van der Waals surface area contributed by atoms with Gasteiger partial charge in [-0.1, -0.05) is 25.7 Å². The van der Waals surface area contributed by atoms with Gasteiger partial charge in [-0.15, -0.1) is 0 Å². The van der Waals surface area contributed by atoms with Gasteiger partial charge in [-0.3, -0.25) is 9.59 Å². The first-order valence-electron chi connectivity index (χ1n) is 7.17. The van der Waals surface area contributed by atoms with E-state index in [1.54, 1.807) is 7.11 Å². The number of rotatable bonds is 6. The van der Waals surface area contributed by atoms with Crippen molar-refractivity contribution in [3.8, 4) is 0 Å². The highest BCUT2D eigenvalue weighted by Gasteiger charge is 2.17. The van der Waals surface area contributed by atoms with Gasteiger partial charge in [-0.25, -0.2) is 0 Å². The van der Waals surface area contributed by atoms with E-state index in [0.717, 1.165) is 12.8 Å². The lowest BCUT2D eigenvalue weighted by molar-refractivity contribution is -0.135. The highest BCUT2D eigenvalue weighted by atomic mass is 16.5. The van der Waals surface area contributed by atoms with Crippen LogP contribution in [-0.2, 0) is 14.3 Å². The predicted molar refractivity (Wildman–Crippen MR) is 73.8 cm³/mol. The summed E-state index contributed by atoms with van der Waals surface area (Å²) < 4.78 is 4.94. The van der Waals surface area contributed by atoms with Crippen molar-refractivity contribution in [2.75, 3.05) is 26.8 Å².